The van der Waals surface area contributed by atoms with Crippen LogP contribution < -0.4 is 4.72 Å². The summed E-state index contributed by atoms with van der Waals surface area (Å²) in [5.41, 5.74) is -0.0251. The number of nitrogens with zero attached hydrogens (tertiary/aromatic N) is 2. The van der Waals surface area contributed by atoms with Crippen LogP contribution in [-0.4, -0.2) is 24.5 Å². The number of benzene rings is 1. The minimum Gasteiger partial charge on any atom is -0.237 e. The molecule has 2 aromatic rings. The second kappa shape index (κ2) is 6.66. The van der Waals surface area contributed by atoms with Gasteiger partial charge >= 0.3 is 6.18 Å². The van der Waals surface area contributed by atoms with Crippen molar-refractivity contribution in [3.05, 3.63) is 46.5 Å². The van der Waals surface area contributed by atoms with Gasteiger partial charge in [0.15, 0.2) is 5.69 Å². The van der Waals surface area contributed by atoms with E-state index < -0.39 is 27.7 Å². The van der Waals surface area contributed by atoms with Gasteiger partial charge in [-0.05, 0) is 37.8 Å². The average molecular weight is 391 g/mol. The first-order valence-corrected chi connectivity index (χ1v) is 9.87. The number of hydrogen-bond acceptors (Lipinski definition) is 3. The molecule has 0 atom stereocenters. The maximum atomic E-state index is 14.3. The van der Waals surface area contributed by atoms with E-state index in [9.17, 15) is 26.0 Å². The first-order chi connectivity index (χ1) is 12.1. The Morgan fingerprint density at radius 3 is 2.54 bits per heavy atom. The molecule has 5 nitrogen and oxygen atoms in total. The molecule has 1 aromatic heterocycles. The third kappa shape index (κ3) is 3.90. The van der Waals surface area contributed by atoms with E-state index in [2.05, 4.69) is 9.82 Å². The van der Waals surface area contributed by atoms with Gasteiger partial charge in [-0.1, -0.05) is 6.07 Å². The van der Waals surface area contributed by atoms with Crippen LogP contribution in [0.25, 0.3) is 5.69 Å². The van der Waals surface area contributed by atoms with Gasteiger partial charge in [-0.15, -0.1) is 0 Å². The topological polar surface area (TPSA) is 64.0 Å². The number of aromatic nitrogens is 2. The van der Waals surface area contributed by atoms with Gasteiger partial charge in [0, 0.05) is 23.4 Å². The van der Waals surface area contributed by atoms with Crippen molar-refractivity contribution in [2.75, 3.05) is 6.26 Å². The zero-order valence-corrected chi connectivity index (χ0v) is 14.7. The first-order valence-electron chi connectivity index (χ1n) is 7.97. The second-order valence-corrected chi connectivity index (χ2v) is 8.09. The minimum absolute atomic E-state index is 0.0937. The second-order valence-electron chi connectivity index (χ2n) is 6.26. The third-order valence-corrected chi connectivity index (χ3v) is 4.92. The number of fused-ring (bicyclic) bond motifs is 1. The van der Waals surface area contributed by atoms with E-state index >= 15 is 0 Å². The van der Waals surface area contributed by atoms with Crippen molar-refractivity contribution in [2.24, 2.45) is 0 Å². The molecule has 1 N–H and O–H groups in total. The third-order valence-electron chi connectivity index (χ3n) is 4.25. The van der Waals surface area contributed by atoms with Crippen molar-refractivity contribution >= 4 is 10.0 Å². The number of nitrogens with one attached hydrogen (secondary N) is 1. The highest BCUT2D eigenvalue weighted by molar-refractivity contribution is 7.88. The van der Waals surface area contributed by atoms with E-state index in [1.165, 1.54) is 12.1 Å². The molecule has 3 rings (SSSR count). The van der Waals surface area contributed by atoms with E-state index in [-0.39, 0.29) is 23.4 Å². The summed E-state index contributed by atoms with van der Waals surface area (Å²) in [5, 5.41) is 3.70. The van der Waals surface area contributed by atoms with Crippen LogP contribution in [0.4, 0.5) is 17.6 Å². The van der Waals surface area contributed by atoms with Gasteiger partial charge in [-0.2, -0.15) is 18.3 Å². The summed E-state index contributed by atoms with van der Waals surface area (Å²) in [6.07, 6.45) is -1.47. The van der Waals surface area contributed by atoms with Crippen LogP contribution in [0.5, 0.6) is 0 Å². The summed E-state index contributed by atoms with van der Waals surface area (Å²) in [4.78, 5) is 0. The normalized spacial score (nSPS) is 15.1. The van der Waals surface area contributed by atoms with E-state index in [0.717, 1.165) is 23.4 Å². The summed E-state index contributed by atoms with van der Waals surface area (Å²) in [6.45, 7) is -0.240. The molecule has 0 spiro atoms. The lowest BCUT2D eigenvalue weighted by molar-refractivity contribution is -0.142. The molecule has 0 amide bonds. The van der Waals surface area contributed by atoms with Gasteiger partial charge in [0.2, 0.25) is 10.0 Å². The smallest absolute Gasteiger partial charge is 0.237 e. The lowest BCUT2D eigenvalue weighted by Crippen LogP contribution is -2.21. The summed E-state index contributed by atoms with van der Waals surface area (Å²) >= 11 is 0. The Labute approximate surface area is 148 Å². The van der Waals surface area contributed by atoms with Crippen molar-refractivity contribution in [1.82, 2.24) is 14.5 Å². The molecule has 0 saturated carbocycles. The highest BCUT2D eigenvalue weighted by atomic mass is 32.2. The Balaban J connectivity index is 1.99. The van der Waals surface area contributed by atoms with Crippen LogP contribution in [0, 0.1) is 5.82 Å². The molecule has 0 bridgehead atoms. The molecule has 1 heterocycles. The van der Waals surface area contributed by atoms with Gasteiger partial charge in [0.05, 0.1) is 11.9 Å². The fraction of sp³-hybridized carbons (Fsp3) is 0.438. The van der Waals surface area contributed by atoms with Gasteiger partial charge < -0.3 is 0 Å². The Bertz CT molecular complexity index is 936. The van der Waals surface area contributed by atoms with E-state index in [1.54, 1.807) is 0 Å². The summed E-state index contributed by atoms with van der Waals surface area (Å²) in [5.74, 6) is -0.715. The lowest BCUT2D eigenvalue weighted by Gasteiger charge is -2.15. The van der Waals surface area contributed by atoms with Crippen molar-refractivity contribution in [1.29, 1.82) is 0 Å². The SMILES string of the molecule is CS(=O)(=O)NCc1ccc(-n2nc(C(F)(F)F)c3c2CCCC3)cc1F. The standard InChI is InChI=1S/C16H17F4N3O2S/c1-26(24,25)21-9-10-6-7-11(8-13(10)17)23-14-5-3-2-4-12(14)15(22-23)16(18,19)20/h6-8,21H,2-5,9H2,1H3. The predicted molar refractivity (Wildman–Crippen MR) is 86.8 cm³/mol. The van der Waals surface area contributed by atoms with Crippen LogP contribution in [0.2, 0.25) is 0 Å². The number of sulfonamides is 1. The van der Waals surface area contributed by atoms with Gasteiger partial charge in [0.25, 0.3) is 0 Å². The zero-order chi connectivity index (χ0) is 19.1. The molecule has 1 aliphatic rings. The predicted octanol–water partition coefficient (Wildman–Crippen LogP) is 2.96. The molecule has 142 valence electrons. The quantitative estimate of drug-likeness (QED) is 0.815. The van der Waals surface area contributed by atoms with Crippen LogP contribution in [0.15, 0.2) is 18.2 Å². The molecule has 0 fully saturated rings. The lowest BCUT2D eigenvalue weighted by atomic mass is 9.95. The Hall–Kier alpha value is -1.94. The van der Waals surface area contributed by atoms with Crippen molar-refractivity contribution < 1.29 is 26.0 Å². The van der Waals surface area contributed by atoms with E-state index in [4.69, 9.17) is 0 Å². The number of rotatable bonds is 4. The fourth-order valence-corrected chi connectivity index (χ4v) is 3.48. The highest BCUT2D eigenvalue weighted by Crippen LogP contribution is 2.36. The maximum Gasteiger partial charge on any atom is 0.435 e. The molecular formula is C16H17F4N3O2S. The van der Waals surface area contributed by atoms with Crippen molar-refractivity contribution in [3.8, 4) is 5.69 Å². The van der Waals surface area contributed by atoms with E-state index in [1.807, 2.05) is 0 Å². The van der Waals surface area contributed by atoms with Gasteiger partial charge in [-0.3, -0.25) is 0 Å². The monoisotopic (exact) mass is 391 g/mol. The number of halogens is 4. The average Bonchev–Trinajstić information content (AvgIpc) is 2.92. The summed E-state index contributed by atoms with van der Waals surface area (Å²) in [7, 11) is -3.49. The zero-order valence-electron chi connectivity index (χ0n) is 13.9. The largest absolute Gasteiger partial charge is 0.435 e. The van der Waals surface area contributed by atoms with Crippen LogP contribution >= 0.6 is 0 Å². The number of hydrogen-bond donors (Lipinski definition) is 1. The molecule has 0 unspecified atom stereocenters. The van der Waals surface area contributed by atoms with Gasteiger partial charge in [0.1, 0.15) is 5.82 Å². The molecular weight excluding hydrogens is 374 g/mol. The molecule has 26 heavy (non-hydrogen) atoms. The van der Waals surface area contributed by atoms with Crippen molar-refractivity contribution in [3.63, 3.8) is 0 Å². The van der Waals surface area contributed by atoms with Crippen molar-refractivity contribution in [2.45, 2.75) is 38.4 Å². The Morgan fingerprint density at radius 1 is 1.23 bits per heavy atom. The van der Waals surface area contributed by atoms with Crippen LogP contribution in [-0.2, 0) is 35.6 Å². The van der Waals surface area contributed by atoms with Crippen LogP contribution in [0.1, 0.15) is 35.4 Å². The Kier molecular flexibility index (Phi) is 4.82. The fourth-order valence-electron chi connectivity index (χ4n) is 3.06. The molecule has 0 radical (unpaired) electrons. The first kappa shape index (κ1) is 18.8. The number of alkyl halides is 3. The van der Waals surface area contributed by atoms with Crippen LogP contribution in [0.3, 0.4) is 0 Å². The summed E-state index contributed by atoms with van der Waals surface area (Å²) in [6, 6.07) is 3.85. The molecule has 1 aliphatic carbocycles. The molecule has 0 saturated heterocycles. The highest BCUT2D eigenvalue weighted by Gasteiger charge is 2.39. The molecule has 1 aromatic carbocycles. The minimum atomic E-state index is -4.56. The Morgan fingerprint density at radius 2 is 1.92 bits per heavy atom. The van der Waals surface area contributed by atoms with E-state index in [0.29, 0.717) is 25.0 Å². The van der Waals surface area contributed by atoms with Gasteiger partial charge in [-0.25, -0.2) is 22.2 Å². The maximum absolute atomic E-state index is 14.3. The molecule has 10 heteroatoms. The molecule has 0 aliphatic heterocycles. The summed E-state index contributed by atoms with van der Waals surface area (Å²) < 4.78 is 79.6.